The number of Topliss-reactive ketones (excluding diaryl/α,β-unsaturated/α-hetero) is 1. The maximum Gasteiger partial charge on any atom is 0.142 e. The van der Waals surface area contributed by atoms with Crippen molar-refractivity contribution in [2.75, 3.05) is 0 Å². The molecule has 0 radical (unpaired) electrons. The van der Waals surface area contributed by atoms with E-state index in [2.05, 4.69) is 13.8 Å². The van der Waals surface area contributed by atoms with Crippen LogP contribution in [0.2, 0.25) is 0 Å². The molecule has 0 amide bonds. The Labute approximate surface area is 86.3 Å². The lowest BCUT2D eigenvalue weighted by Crippen LogP contribution is -2.24. The Hall–Kier alpha value is -0.330. The summed E-state index contributed by atoms with van der Waals surface area (Å²) in [5.41, 5.74) is 0.467. The standard InChI is InChI=1S/C13H20O/c1-12(2)8-13-7-3-4-9(13)5-6-10(13)11(12)14/h9-10H,3-8H2,1-2H3. The minimum atomic E-state index is -0.00627. The molecule has 0 heterocycles. The SMILES string of the molecule is CC1(C)CC23CCCC2CCC3C1=O. The molecule has 0 bridgehead atoms. The first-order valence-corrected chi connectivity index (χ1v) is 6.11. The Bertz CT molecular complexity index is 292. The highest BCUT2D eigenvalue weighted by atomic mass is 16.1. The van der Waals surface area contributed by atoms with E-state index in [1.807, 2.05) is 0 Å². The number of rotatable bonds is 0. The van der Waals surface area contributed by atoms with Gasteiger partial charge in [0.05, 0.1) is 0 Å². The van der Waals surface area contributed by atoms with Gasteiger partial charge >= 0.3 is 0 Å². The molecule has 0 aromatic carbocycles. The average molecular weight is 192 g/mol. The fourth-order valence-electron chi connectivity index (χ4n) is 4.84. The Balaban J connectivity index is 2.04. The molecule has 3 atom stereocenters. The number of hydrogen-bond donors (Lipinski definition) is 0. The third-order valence-corrected chi connectivity index (χ3v) is 5.26. The summed E-state index contributed by atoms with van der Waals surface area (Å²) in [5, 5.41) is 0. The molecule has 3 unspecified atom stereocenters. The first kappa shape index (κ1) is 8.94. The fourth-order valence-corrected chi connectivity index (χ4v) is 4.84. The summed E-state index contributed by atoms with van der Waals surface area (Å²) in [7, 11) is 0. The third kappa shape index (κ3) is 0.844. The van der Waals surface area contributed by atoms with Crippen molar-refractivity contribution in [2.45, 2.75) is 52.4 Å². The molecule has 14 heavy (non-hydrogen) atoms. The minimum Gasteiger partial charge on any atom is -0.299 e. The van der Waals surface area contributed by atoms with Crippen LogP contribution in [0.1, 0.15) is 52.4 Å². The zero-order chi connectivity index (χ0) is 9.97. The summed E-state index contributed by atoms with van der Waals surface area (Å²) < 4.78 is 0. The first-order chi connectivity index (χ1) is 6.56. The van der Waals surface area contributed by atoms with E-state index in [0.29, 0.717) is 17.1 Å². The number of carbonyl (C=O) groups is 1. The first-order valence-electron chi connectivity index (χ1n) is 6.11. The van der Waals surface area contributed by atoms with E-state index in [0.717, 1.165) is 5.92 Å². The van der Waals surface area contributed by atoms with Crippen molar-refractivity contribution in [1.82, 2.24) is 0 Å². The van der Waals surface area contributed by atoms with E-state index in [-0.39, 0.29) is 5.41 Å². The lowest BCUT2D eigenvalue weighted by molar-refractivity contribution is -0.127. The number of hydrogen-bond acceptors (Lipinski definition) is 1. The fraction of sp³-hybridized carbons (Fsp3) is 0.923. The summed E-state index contributed by atoms with van der Waals surface area (Å²) in [6, 6.07) is 0. The molecule has 1 heteroatoms. The van der Waals surface area contributed by atoms with Gasteiger partial charge in [0.2, 0.25) is 0 Å². The van der Waals surface area contributed by atoms with Crippen molar-refractivity contribution in [1.29, 1.82) is 0 Å². The molecule has 3 rings (SSSR count). The summed E-state index contributed by atoms with van der Waals surface area (Å²) in [4.78, 5) is 12.2. The van der Waals surface area contributed by atoms with Crippen LogP contribution in [0.5, 0.6) is 0 Å². The predicted octanol–water partition coefficient (Wildman–Crippen LogP) is 3.18. The smallest absolute Gasteiger partial charge is 0.142 e. The Morgan fingerprint density at radius 3 is 2.79 bits per heavy atom. The second kappa shape index (κ2) is 2.43. The van der Waals surface area contributed by atoms with Gasteiger partial charge in [-0.2, -0.15) is 0 Å². The quantitative estimate of drug-likeness (QED) is 0.576. The molecule has 0 saturated heterocycles. The minimum absolute atomic E-state index is 0.00627. The highest BCUT2D eigenvalue weighted by molar-refractivity contribution is 5.90. The summed E-state index contributed by atoms with van der Waals surface area (Å²) in [6.45, 7) is 4.33. The van der Waals surface area contributed by atoms with Crippen LogP contribution in [-0.4, -0.2) is 5.78 Å². The maximum absolute atomic E-state index is 12.2. The second-order valence-electron chi connectivity index (χ2n) is 6.38. The molecular formula is C13H20O. The molecule has 3 fully saturated rings. The van der Waals surface area contributed by atoms with Crippen LogP contribution in [0.3, 0.4) is 0 Å². The van der Waals surface area contributed by atoms with Gasteiger partial charge < -0.3 is 0 Å². The van der Waals surface area contributed by atoms with Gasteiger partial charge in [-0.25, -0.2) is 0 Å². The van der Waals surface area contributed by atoms with Crippen molar-refractivity contribution in [3.05, 3.63) is 0 Å². The normalized spacial score (nSPS) is 49.4. The summed E-state index contributed by atoms with van der Waals surface area (Å²) in [5.74, 6) is 1.94. The average Bonchev–Trinajstić information content (AvgIpc) is 2.63. The Morgan fingerprint density at radius 2 is 2.00 bits per heavy atom. The van der Waals surface area contributed by atoms with Gasteiger partial charge in [-0.15, -0.1) is 0 Å². The van der Waals surface area contributed by atoms with Crippen LogP contribution in [0.15, 0.2) is 0 Å². The monoisotopic (exact) mass is 192 g/mol. The molecular weight excluding hydrogens is 172 g/mol. The Morgan fingerprint density at radius 1 is 1.21 bits per heavy atom. The molecule has 0 aromatic heterocycles. The predicted molar refractivity (Wildman–Crippen MR) is 55.9 cm³/mol. The number of carbonyl (C=O) groups excluding carboxylic acids is 1. The van der Waals surface area contributed by atoms with Crippen LogP contribution in [0.25, 0.3) is 0 Å². The van der Waals surface area contributed by atoms with E-state index in [1.54, 1.807) is 0 Å². The van der Waals surface area contributed by atoms with E-state index < -0.39 is 0 Å². The van der Waals surface area contributed by atoms with E-state index in [1.165, 1.54) is 38.5 Å². The highest BCUT2D eigenvalue weighted by Crippen LogP contribution is 2.67. The number of ketones is 1. The summed E-state index contributed by atoms with van der Waals surface area (Å²) >= 11 is 0. The lowest BCUT2D eigenvalue weighted by atomic mass is 9.74. The van der Waals surface area contributed by atoms with Gasteiger partial charge in [0.1, 0.15) is 5.78 Å². The van der Waals surface area contributed by atoms with Gasteiger partial charge in [-0.05, 0) is 43.4 Å². The molecule has 0 aromatic rings. The Kier molecular flexibility index (Phi) is 1.55. The molecule has 0 N–H and O–H groups in total. The van der Waals surface area contributed by atoms with Crippen molar-refractivity contribution in [2.24, 2.45) is 22.7 Å². The molecule has 3 aliphatic carbocycles. The molecule has 3 saturated carbocycles. The second-order valence-corrected chi connectivity index (χ2v) is 6.38. The largest absolute Gasteiger partial charge is 0.299 e. The van der Waals surface area contributed by atoms with E-state index in [4.69, 9.17) is 0 Å². The molecule has 0 aliphatic heterocycles. The van der Waals surface area contributed by atoms with Crippen LogP contribution >= 0.6 is 0 Å². The van der Waals surface area contributed by atoms with Gasteiger partial charge in [0.25, 0.3) is 0 Å². The molecule has 1 nitrogen and oxygen atoms in total. The third-order valence-electron chi connectivity index (χ3n) is 5.26. The van der Waals surface area contributed by atoms with Crippen molar-refractivity contribution < 1.29 is 4.79 Å². The van der Waals surface area contributed by atoms with Crippen molar-refractivity contribution in [3.8, 4) is 0 Å². The molecule has 78 valence electrons. The summed E-state index contributed by atoms with van der Waals surface area (Å²) in [6.07, 6.45) is 7.86. The van der Waals surface area contributed by atoms with Crippen LogP contribution in [0, 0.1) is 22.7 Å². The van der Waals surface area contributed by atoms with Crippen molar-refractivity contribution >= 4 is 5.78 Å². The maximum atomic E-state index is 12.2. The van der Waals surface area contributed by atoms with Crippen LogP contribution in [0.4, 0.5) is 0 Å². The van der Waals surface area contributed by atoms with Gasteiger partial charge in [-0.1, -0.05) is 20.3 Å². The van der Waals surface area contributed by atoms with Crippen LogP contribution in [-0.2, 0) is 4.79 Å². The zero-order valence-corrected chi connectivity index (χ0v) is 9.31. The topological polar surface area (TPSA) is 17.1 Å². The van der Waals surface area contributed by atoms with Crippen LogP contribution < -0.4 is 0 Å². The zero-order valence-electron chi connectivity index (χ0n) is 9.31. The molecule has 3 aliphatic rings. The molecule has 1 spiro atoms. The van der Waals surface area contributed by atoms with Gasteiger partial charge in [-0.3, -0.25) is 4.79 Å². The highest BCUT2D eigenvalue weighted by Gasteiger charge is 2.63. The van der Waals surface area contributed by atoms with Crippen molar-refractivity contribution in [3.63, 3.8) is 0 Å². The van der Waals surface area contributed by atoms with Gasteiger partial charge in [0.15, 0.2) is 0 Å². The van der Waals surface area contributed by atoms with E-state index in [9.17, 15) is 4.79 Å². The van der Waals surface area contributed by atoms with E-state index >= 15 is 0 Å². The lowest BCUT2D eigenvalue weighted by Gasteiger charge is -2.29. The van der Waals surface area contributed by atoms with Gasteiger partial charge in [0, 0.05) is 11.3 Å².